The molecule has 5 nitrogen and oxygen atoms in total. The van der Waals surface area contributed by atoms with Gasteiger partial charge in [-0.3, -0.25) is 4.79 Å². The summed E-state index contributed by atoms with van der Waals surface area (Å²) in [6, 6.07) is 12.1. The first-order valence-electron chi connectivity index (χ1n) is 8.69. The van der Waals surface area contributed by atoms with Crippen LogP contribution in [0.2, 0.25) is 5.02 Å². The van der Waals surface area contributed by atoms with Crippen LogP contribution in [0.25, 0.3) is 22.3 Å². The van der Waals surface area contributed by atoms with Gasteiger partial charge in [0.05, 0.1) is 5.39 Å². The Morgan fingerprint density at radius 3 is 2.67 bits per heavy atom. The van der Waals surface area contributed by atoms with Crippen LogP contribution in [0.3, 0.4) is 0 Å². The van der Waals surface area contributed by atoms with Crippen molar-refractivity contribution < 1.29 is 18.7 Å². The van der Waals surface area contributed by atoms with Crippen LogP contribution < -0.4 is 10.2 Å². The average Bonchev–Trinajstić information content (AvgIpc) is 3.20. The lowest BCUT2D eigenvalue weighted by Crippen LogP contribution is -2.27. The van der Waals surface area contributed by atoms with Crippen LogP contribution in [0, 0.1) is 6.92 Å². The van der Waals surface area contributed by atoms with E-state index in [-0.39, 0.29) is 11.5 Å². The summed E-state index contributed by atoms with van der Waals surface area (Å²) in [4.78, 5) is 25.5. The third kappa shape index (κ3) is 3.48. The van der Waals surface area contributed by atoms with Crippen molar-refractivity contribution in [3.8, 4) is 17.1 Å². The molecular weight excluding hydrogens is 368 g/mol. The minimum Gasteiger partial charge on any atom is -0.452 e. The third-order valence-corrected chi connectivity index (χ3v) is 4.76. The van der Waals surface area contributed by atoms with Gasteiger partial charge in [0, 0.05) is 17.2 Å². The first-order chi connectivity index (χ1) is 13.0. The van der Waals surface area contributed by atoms with Gasteiger partial charge in [0.15, 0.2) is 11.9 Å². The number of aryl methyl sites for hydroxylation is 1. The summed E-state index contributed by atoms with van der Waals surface area (Å²) in [5.74, 6) is -0.516. The lowest BCUT2D eigenvalue weighted by atomic mass is 10.1. The quantitative estimate of drug-likeness (QED) is 0.622. The molecule has 0 spiro atoms. The van der Waals surface area contributed by atoms with E-state index in [1.165, 1.54) is 0 Å². The molecule has 1 atom stereocenters. The van der Waals surface area contributed by atoms with Gasteiger partial charge in [-0.1, -0.05) is 23.2 Å². The highest BCUT2D eigenvalue weighted by molar-refractivity contribution is 6.30. The van der Waals surface area contributed by atoms with Gasteiger partial charge in [-0.2, -0.15) is 0 Å². The molecule has 0 saturated carbocycles. The molecule has 0 amide bonds. The van der Waals surface area contributed by atoms with Crippen LogP contribution in [0.4, 0.5) is 0 Å². The molecule has 6 heteroatoms. The molecular formula is C21H17ClO5. The molecule has 0 aliphatic carbocycles. The highest BCUT2D eigenvalue weighted by Crippen LogP contribution is 2.32. The van der Waals surface area contributed by atoms with E-state index in [2.05, 4.69) is 0 Å². The molecule has 138 valence electrons. The number of ether oxygens (including phenoxy) is 2. The summed E-state index contributed by atoms with van der Waals surface area (Å²) >= 11 is 5.96. The molecule has 2 aromatic carbocycles. The van der Waals surface area contributed by atoms with Gasteiger partial charge in [0.2, 0.25) is 11.2 Å². The Labute approximate surface area is 160 Å². The van der Waals surface area contributed by atoms with E-state index in [0.29, 0.717) is 34.6 Å². The summed E-state index contributed by atoms with van der Waals surface area (Å²) in [5, 5.41) is 0.915. The smallest absolute Gasteiger partial charge is 0.340 e. The topological polar surface area (TPSA) is 65.7 Å². The zero-order chi connectivity index (χ0) is 19.0. The molecule has 1 aliphatic heterocycles. The van der Waals surface area contributed by atoms with E-state index in [0.717, 1.165) is 12.0 Å². The number of halogens is 1. The van der Waals surface area contributed by atoms with Crippen molar-refractivity contribution in [1.82, 2.24) is 0 Å². The van der Waals surface area contributed by atoms with Crippen LogP contribution in [-0.2, 0) is 9.53 Å². The maximum atomic E-state index is 13.1. The molecule has 1 fully saturated rings. The van der Waals surface area contributed by atoms with Crippen molar-refractivity contribution in [2.45, 2.75) is 25.9 Å². The summed E-state index contributed by atoms with van der Waals surface area (Å²) in [6.07, 6.45) is 0.707. The summed E-state index contributed by atoms with van der Waals surface area (Å²) < 4.78 is 16.8. The number of rotatable bonds is 3. The molecule has 3 aromatic rings. The maximum Gasteiger partial charge on any atom is 0.340 e. The number of carbonyl (C=O) groups is 1. The molecule has 0 N–H and O–H groups in total. The molecule has 0 bridgehead atoms. The summed E-state index contributed by atoms with van der Waals surface area (Å²) in [6.45, 7) is 2.39. The van der Waals surface area contributed by atoms with Crippen LogP contribution in [-0.4, -0.2) is 18.7 Å². The Morgan fingerprint density at radius 2 is 1.96 bits per heavy atom. The van der Waals surface area contributed by atoms with Gasteiger partial charge in [-0.15, -0.1) is 0 Å². The molecule has 2 heterocycles. The normalized spacial score (nSPS) is 16.6. The molecule has 1 aromatic heterocycles. The summed E-state index contributed by atoms with van der Waals surface area (Å²) in [7, 11) is 0. The number of carbonyl (C=O) groups excluding carboxylic acids is 1. The van der Waals surface area contributed by atoms with Crippen molar-refractivity contribution in [2.75, 3.05) is 6.61 Å². The van der Waals surface area contributed by atoms with Crippen LogP contribution >= 0.6 is 11.6 Å². The van der Waals surface area contributed by atoms with Gasteiger partial charge in [0.25, 0.3) is 0 Å². The Hall–Kier alpha value is -2.63. The lowest BCUT2D eigenvalue weighted by molar-refractivity contribution is -0.144. The Morgan fingerprint density at radius 1 is 1.19 bits per heavy atom. The highest BCUT2D eigenvalue weighted by Gasteiger charge is 2.28. The second-order valence-electron chi connectivity index (χ2n) is 6.52. The standard InChI is InChI=1S/C21H17ClO5/c1-12-4-9-16-15(11-12)18(23)20(27-21(24)17-3-2-10-25-17)19(26-16)13-5-7-14(22)8-6-13/h4-9,11,17H,2-3,10H2,1H3/t17-/m1/s1. The van der Waals surface area contributed by atoms with E-state index >= 15 is 0 Å². The van der Waals surface area contributed by atoms with E-state index < -0.39 is 17.5 Å². The van der Waals surface area contributed by atoms with Crippen molar-refractivity contribution in [3.63, 3.8) is 0 Å². The van der Waals surface area contributed by atoms with E-state index in [4.69, 9.17) is 25.5 Å². The molecule has 27 heavy (non-hydrogen) atoms. The van der Waals surface area contributed by atoms with Gasteiger partial charge in [-0.05, 0) is 56.2 Å². The summed E-state index contributed by atoms with van der Waals surface area (Å²) in [5.41, 5.74) is 1.53. The zero-order valence-electron chi connectivity index (χ0n) is 14.7. The van der Waals surface area contributed by atoms with E-state index in [1.54, 1.807) is 36.4 Å². The Balaban J connectivity index is 1.88. The van der Waals surface area contributed by atoms with Crippen LogP contribution in [0.15, 0.2) is 51.7 Å². The SMILES string of the molecule is Cc1ccc2oc(-c3ccc(Cl)cc3)c(OC(=O)[C@H]3CCCO3)c(=O)c2c1. The third-order valence-electron chi connectivity index (χ3n) is 4.51. The monoisotopic (exact) mass is 384 g/mol. The predicted octanol–water partition coefficient (Wildman–Crippen LogP) is 4.51. The van der Waals surface area contributed by atoms with E-state index in [1.807, 2.05) is 13.0 Å². The maximum absolute atomic E-state index is 13.1. The minimum atomic E-state index is -0.657. The Kier molecular flexibility index (Phi) is 4.72. The first kappa shape index (κ1) is 17.8. The second kappa shape index (κ2) is 7.18. The number of hydrogen-bond acceptors (Lipinski definition) is 5. The molecule has 0 unspecified atom stereocenters. The fourth-order valence-corrected chi connectivity index (χ4v) is 3.23. The van der Waals surface area contributed by atoms with Crippen LogP contribution in [0.1, 0.15) is 18.4 Å². The second-order valence-corrected chi connectivity index (χ2v) is 6.96. The van der Waals surface area contributed by atoms with Gasteiger partial charge in [0.1, 0.15) is 5.58 Å². The fourth-order valence-electron chi connectivity index (χ4n) is 3.11. The van der Waals surface area contributed by atoms with Crippen molar-refractivity contribution in [2.24, 2.45) is 0 Å². The fraction of sp³-hybridized carbons (Fsp3) is 0.238. The van der Waals surface area contributed by atoms with Gasteiger partial charge in [-0.25, -0.2) is 4.79 Å². The van der Waals surface area contributed by atoms with Crippen molar-refractivity contribution in [3.05, 3.63) is 63.3 Å². The molecule has 4 rings (SSSR count). The molecule has 1 saturated heterocycles. The lowest BCUT2D eigenvalue weighted by Gasteiger charge is -2.13. The molecule has 1 aliphatic rings. The predicted molar refractivity (Wildman–Crippen MR) is 102 cm³/mol. The number of benzene rings is 2. The van der Waals surface area contributed by atoms with Gasteiger partial charge < -0.3 is 13.9 Å². The largest absolute Gasteiger partial charge is 0.452 e. The Bertz CT molecular complexity index is 1060. The molecule has 0 radical (unpaired) electrons. The average molecular weight is 385 g/mol. The number of hydrogen-bond donors (Lipinski definition) is 0. The van der Waals surface area contributed by atoms with Crippen molar-refractivity contribution in [1.29, 1.82) is 0 Å². The first-order valence-corrected chi connectivity index (χ1v) is 9.07. The van der Waals surface area contributed by atoms with E-state index in [9.17, 15) is 9.59 Å². The van der Waals surface area contributed by atoms with Crippen LogP contribution in [0.5, 0.6) is 5.75 Å². The highest BCUT2D eigenvalue weighted by atomic mass is 35.5. The number of esters is 1. The van der Waals surface area contributed by atoms with Crippen molar-refractivity contribution >= 4 is 28.5 Å². The minimum absolute atomic E-state index is 0.129. The zero-order valence-corrected chi connectivity index (χ0v) is 15.4. The van der Waals surface area contributed by atoms with Gasteiger partial charge >= 0.3 is 5.97 Å². The number of fused-ring (bicyclic) bond motifs is 1.